The fraction of sp³-hybridized carbons (Fsp3) is 0.211. The van der Waals surface area contributed by atoms with Crippen LogP contribution in [0.15, 0.2) is 59.6 Å². The predicted octanol–water partition coefficient (Wildman–Crippen LogP) is 3.83. The normalized spacial score (nSPS) is 11.6. The van der Waals surface area contributed by atoms with Gasteiger partial charge in [0.1, 0.15) is 5.01 Å². The van der Waals surface area contributed by atoms with Gasteiger partial charge in [-0.15, -0.1) is 11.3 Å². The SMILES string of the molecule is Cc1ccc(Cc2cnc(CNS(=O)(=O)c3ccccc3C)s2)cc1. The Balaban J connectivity index is 1.65. The molecule has 3 rings (SSSR count). The number of hydrogen-bond donors (Lipinski definition) is 1. The summed E-state index contributed by atoms with van der Waals surface area (Å²) in [5.41, 5.74) is 3.19. The van der Waals surface area contributed by atoms with Crippen molar-refractivity contribution in [2.24, 2.45) is 0 Å². The Hall–Kier alpha value is -2.02. The topological polar surface area (TPSA) is 59.1 Å². The summed E-state index contributed by atoms with van der Waals surface area (Å²) in [6, 6.07) is 15.4. The molecule has 4 nitrogen and oxygen atoms in total. The zero-order valence-corrected chi connectivity index (χ0v) is 15.8. The van der Waals surface area contributed by atoms with Gasteiger partial charge in [-0.25, -0.2) is 18.1 Å². The zero-order chi connectivity index (χ0) is 17.9. The molecule has 0 atom stereocenters. The average molecular weight is 373 g/mol. The van der Waals surface area contributed by atoms with Gasteiger partial charge in [-0.2, -0.15) is 0 Å². The second-order valence-corrected chi connectivity index (χ2v) is 8.91. The largest absolute Gasteiger partial charge is 0.248 e. The van der Waals surface area contributed by atoms with Crippen molar-refractivity contribution in [2.45, 2.75) is 31.7 Å². The van der Waals surface area contributed by atoms with Crippen LogP contribution >= 0.6 is 11.3 Å². The first-order chi connectivity index (χ1) is 11.9. The molecule has 130 valence electrons. The summed E-state index contributed by atoms with van der Waals surface area (Å²) in [6.45, 7) is 4.06. The molecule has 1 aromatic heterocycles. The third-order valence-electron chi connectivity index (χ3n) is 3.90. The van der Waals surface area contributed by atoms with Crippen molar-refractivity contribution < 1.29 is 8.42 Å². The van der Waals surface area contributed by atoms with E-state index < -0.39 is 10.0 Å². The maximum atomic E-state index is 12.4. The molecular formula is C19H20N2O2S2. The van der Waals surface area contributed by atoms with E-state index in [1.165, 1.54) is 22.5 Å². The van der Waals surface area contributed by atoms with E-state index in [0.29, 0.717) is 4.90 Å². The lowest BCUT2D eigenvalue weighted by Crippen LogP contribution is -2.23. The van der Waals surface area contributed by atoms with Crippen LogP contribution in [0.25, 0.3) is 0 Å². The molecule has 0 aliphatic rings. The van der Waals surface area contributed by atoms with Crippen molar-refractivity contribution in [3.8, 4) is 0 Å². The number of rotatable bonds is 6. The Bertz CT molecular complexity index is 961. The molecule has 0 saturated carbocycles. The van der Waals surface area contributed by atoms with E-state index in [1.54, 1.807) is 25.1 Å². The van der Waals surface area contributed by atoms with Crippen molar-refractivity contribution in [3.05, 3.63) is 81.3 Å². The minimum Gasteiger partial charge on any atom is -0.248 e. The summed E-state index contributed by atoms with van der Waals surface area (Å²) in [6.07, 6.45) is 2.63. The van der Waals surface area contributed by atoms with Crippen LogP contribution in [0.3, 0.4) is 0 Å². The molecule has 0 fully saturated rings. The Kier molecular flexibility index (Phi) is 5.32. The molecule has 6 heteroatoms. The number of nitrogens with one attached hydrogen (secondary N) is 1. The monoisotopic (exact) mass is 372 g/mol. The maximum absolute atomic E-state index is 12.4. The van der Waals surface area contributed by atoms with Gasteiger partial charge >= 0.3 is 0 Å². The number of aryl methyl sites for hydroxylation is 2. The van der Waals surface area contributed by atoms with Crippen molar-refractivity contribution in [2.75, 3.05) is 0 Å². The number of sulfonamides is 1. The van der Waals surface area contributed by atoms with E-state index in [0.717, 1.165) is 21.9 Å². The minimum atomic E-state index is -3.53. The molecule has 1 N–H and O–H groups in total. The van der Waals surface area contributed by atoms with Crippen molar-refractivity contribution in [3.63, 3.8) is 0 Å². The van der Waals surface area contributed by atoms with Gasteiger partial charge in [0, 0.05) is 17.5 Å². The first-order valence-electron chi connectivity index (χ1n) is 7.98. The number of nitrogens with zero attached hydrogens (tertiary/aromatic N) is 1. The summed E-state index contributed by atoms with van der Waals surface area (Å²) in [5, 5.41) is 0.763. The van der Waals surface area contributed by atoms with Gasteiger partial charge in [0.2, 0.25) is 10.0 Å². The highest BCUT2D eigenvalue weighted by atomic mass is 32.2. The molecule has 0 aliphatic heterocycles. The molecule has 1 heterocycles. The van der Waals surface area contributed by atoms with Crippen LogP contribution < -0.4 is 4.72 Å². The van der Waals surface area contributed by atoms with Crippen LogP contribution in [0, 0.1) is 13.8 Å². The molecule has 0 amide bonds. The highest BCUT2D eigenvalue weighted by molar-refractivity contribution is 7.89. The molecule has 0 radical (unpaired) electrons. The number of benzene rings is 2. The van der Waals surface area contributed by atoms with Crippen molar-refractivity contribution in [1.29, 1.82) is 0 Å². The summed E-state index contributed by atoms with van der Waals surface area (Å²) in [5.74, 6) is 0. The lowest BCUT2D eigenvalue weighted by Gasteiger charge is -2.07. The van der Waals surface area contributed by atoms with Crippen molar-refractivity contribution in [1.82, 2.24) is 9.71 Å². The lowest BCUT2D eigenvalue weighted by atomic mass is 10.1. The van der Waals surface area contributed by atoms with Gasteiger partial charge in [0.05, 0.1) is 11.4 Å². The van der Waals surface area contributed by atoms with Crippen LogP contribution in [0.1, 0.15) is 26.6 Å². The van der Waals surface area contributed by atoms with Crippen LogP contribution in [-0.4, -0.2) is 13.4 Å². The van der Waals surface area contributed by atoms with Gasteiger partial charge in [-0.05, 0) is 31.0 Å². The second-order valence-electron chi connectivity index (χ2n) is 5.97. The molecular weight excluding hydrogens is 352 g/mol. The van der Waals surface area contributed by atoms with E-state index in [9.17, 15) is 8.42 Å². The third kappa shape index (κ3) is 4.54. The minimum absolute atomic E-state index is 0.204. The lowest BCUT2D eigenvalue weighted by molar-refractivity contribution is 0.580. The van der Waals surface area contributed by atoms with Gasteiger partial charge in [0.25, 0.3) is 0 Å². The predicted molar refractivity (Wildman–Crippen MR) is 101 cm³/mol. The van der Waals surface area contributed by atoms with Gasteiger partial charge in [-0.3, -0.25) is 0 Å². The van der Waals surface area contributed by atoms with Crippen LogP contribution in [-0.2, 0) is 23.0 Å². The molecule has 25 heavy (non-hydrogen) atoms. The fourth-order valence-corrected chi connectivity index (χ4v) is 4.73. The Labute approximate surface area is 152 Å². The smallest absolute Gasteiger partial charge is 0.241 e. The quantitative estimate of drug-likeness (QED) is 0.715. The highest BCUT2D eigenvalue weighted by Crippen LogP contribution is 2.19. The number of aromatic nitrogens is 1. The van der Waals surface area contributed by atoms with Crippen LogP contribution in [0.5, 0.6) is 0 Å². The van der Waals surface area contributed by atoms with Crippen LogP contribution in [0.4, 0.5) is 0 Å². The van der Waals surface area contributed by atoms with E-state index >= 15 is 0 Å². The van der Waals surface area contributed by atoms with Crippen molar-refractivity contribution >= 4 is 21.4 Å². The number of hydrogen-bond acceptors (Lipinski definition) is 4. The molecule has 0 bridgehead atoms. The number of thiazole rings is 1. The Morgan fingerprint density at radius 2 is 1.76 bits per heavy atom. The average Bonchev–Trinajstić information content (AvgIpc) is 3.03. The first-order valence-corrected chi connectivity index (χ1v) is 10.3. The summed E-state index contributed by atoms with van der Waals surface area (Å²) in [4.78, 5) is 5.77. The Morgan fingerprint density at radius 1 is 1.04 bits per heavy atom. The fourth-order valence-electron chi connectivity index (χ4n) is 2.51. The van der Waals surface area contributed by atoms with E-state index in [4.69, 9.17) is 0 Å². The molecule has 0 saturated heterocycles. The van der Waals surface area contributed by atoms with Gasteiger partial charge < -0.3 is 0 Å². The second kappa shape index (κ2) is 7.47. The third-order valence-corrected chi connectivity index (χ3v) is 6.46. The maximum Gasteiger partial charge on any atom is 0.241 e. The standard InChI is InChI=1S/C19H20N2O2S2/c1-14-7-9-16(10-8-14)11-17-12-20-19(24-17)13-21-25(22,23)18-6-4-3-5-15(18)2/h3-10,12,21H,11,13H2,1-2H3. The van der Waals surface area contributed by atoms with Gasteiger partial charge in [-0.1, -0.05) is 48.0 Å². The molecule has 3 aromatic rings. The summed E-state index contributed by atoms with van der Waals surface area (Å²) >= 11 is 1.53. The van der Waals surface area contributed by atoms with E-state index in [1.807, 2.05) is 12.3 Å². The molecule has 0 aliphatic carbocycles. The van der Waals surface area contributed by atoms with E-state index in [-0.39, 0.29) is 6.54 Å². The zero-order valence-electron chi connectivity index (χ0n) is 14.2. The van der Waals surface area contributed by atoms with Gasteiger partial charge in [0.15, 0.2) is 0 Å². The highest BCUT2D eigenvalue weighted by Gasteiger charge is 2.16. The Morgan fingerprint density at radius 3 is 2.48 bits per heavy atom. The molecule has 0 spiro atoms. The van der Waals surface area contributed by atoms with E-state index in [2.05, 4.69) is 40.9 Å². The van der Waals surface area contributed by atoms with Crippen LogP contribution in [0.2, 0.25) is 0 Å². The first kappa shape index (κ1) is 17.8. The summed E-state index contributed by atoms with van der Waals surface area (Å²) < 4.78 is 27.5. The molecule has 2 aromatic carbocycles. The summed E-state index contributed by atoms with van der Waals surface area (Å²) in [7, 11) is -3.53. The molecule has 0 unspecified atom stereocenters.